The van der Waals surface area contributed by atoms with Crippen molar-refractivity contribution in [1.29, 1.82) is 0 Å². The van der Waals surface area contributed by atoms with Crippen LogP contribution in [-0.4, -0.2) is 53.7 Å². The summed E-state index contributed by atoms with van der Waals surface area (Å²) >= 11 is 0. The summed E-state index contributed by atoms with van der Waals surface area (Å²) in [5.41, 5.74) is 0.129. The van der Waals surface area contributed by atoms with Crippen molar-refractivity contribution in [3.63, 3.8) is 0 Å². The van der Waals surface area contributed by atoms with E-state index in [-0.39, 0.29) is 30.1 Å². The van der Waals surface area contributed by atoms with Gasteiger partial charge in [0, 0.05) is 51.4 Å². The zero-order chi connectivity index (χ0) is 16.0. The highest BCUT2D eigenvalue weighted by Crippen LogP contribution is 2.45. The van der Waals surface area contributed by atoms with Gasteiger partial charge in [-0.3, -0.25) is 9.59 Å². The molecular formula is C16H24F2N2O2. The average Bonchev–Trinajstić information content (AvgIpc) is 2.47. The molecule has 2 saturated heterocycles. The van der Waals surface area contributed by atoms with Crippen LogP contribution in [0.25, 0.3) is 0 Å². The van der Waals surface area contributed by atoms with Crippen LogP contribution in [0.3, 0.4) is 0 Å². The smallest absolute Gasteiger partial charge is 0.249 e. The monoisotopic (exact) mass is 314 g/mol. The molecule has 22 heavy (non-hydrogen) atoms. The number of amides is 2. The van der Waals surface area contributed by atoms with E-state index in [1.165, 1.54) is 0 Å². The van der Waals surface area contributed by atoms with E-state index in [2.05, 4.69) is 0 Å². The second kappa shape index (κ2) is 5.46. The molecule has 124 valence electrons. The van der Waals surface area contributed by atoms with Crippen molar-refractivity contribution in [2.45, 2.75) is 51.4 Å². The van der Waals surface area contributed by atoms with Crippen molar-refractivity contribution in [2.75, 3.05) is 26.2 Å². The molecule has 0 unspecified atom stereocenters. The van der Waals surface area contributed by atoms with E-state index in [4.69, 9.17) is 0 Å². The van der Waals surface area contributed by atoms with Crippen LogP contribution in [-0.2, 0) is 9.59 Å². The predicted octanol–water partition coefficient (Wildman–Crippen LogP) is 2.28. The van der Waals surface area contributed by atoms with Gasteiger partial charge >= 0.3 is 0 Å². The fraction of sp³-hybridized carbons (Fsp3) is 0.875. The minimum absolute atomic E-state index is 0.0972. The van der Waals surface area contributed by atoms with Crippen molar-refractivity contribution in [3.8, 4) is 0 Å². The molecule has 0 bridgehead atoms. The predicted molar refractivity (Wildman–Crippen MR) is 77.4 cm³/mol. The van der Waals surface area contributed by atoms with Gasteiger partial charge in [0.15, 0.2) is 0 Å². The molecule has 2 aliphatic heterocycles. The number of alkyl halides is 2. The van der Waals surface area contributed by atoms with Gasteiger partial charge in [-0.25, -0.2) is 8.78 Å². The first kappa shape index (κ1) is 15.7. The molecule has 0 radical (unpaired) electrons. The van der Waals surface area contributed by atoms with E-state index < -0.39 is 11.8 Å². The number of hydrogen-bond donors (Lipinski definition) is 0. The number of likely N-dealkylation sites (tertiary alicyclic amines) is 2. The highest BCUT2D eigenvalue weighted by molar-refractivity contribution is 5.80. The van der Waals surface area contributed by atoms with Crippen molar-refractivity contribution in [1.82, 2.24) is 9.80 Å². The number of nitrogens with zero attached hydrogens (tertiary/aromatic N) is 2. The number of hydrogen-bond acceptors (Lipinski definition) is 2. The van der Waals surface area contributed by atoms with Crippen molar-refractivity contribution in [2.24, 2.45) is 11.3 Å². The van der Waals surface area contributed by atoms with Crippen LogP contribution in [0.15, 0.2) is 0 Å². The molecule has 4 nitrogen and oxygen atoms in total. The maximum absolute atomic E-state index is 12.9. The topological polar surface area (TPSA) is 40.6 Å². The fourth-order valence-corrected chi connectivity index (χ4v) is 4.09. The molecule has 0 aromatic carbocycles. The fourth-order valence-electron chi connectivity index (χ4n) is 4.09. The Bertz CT molecular complexity index is 465. The summed E-state index contributed by atoms with van der Waals surface area (Å²) in [4.78, 5) is 27.7. The standard InChI is InChI=1S/C16H24F2N2O2/c1-2-19-11-15(4-3-13(19)21)5-7-20(8-6-15)14(22)12-9-16(17,18)10-12/h12H,2-11H2,1H3. The first-order chi connectivity index (χ1) is 10.3. The van der Waals surface area contributed by atoms with Crippen LogP contribution >= 0.6 is 0 Å². The van der Waals surface area contributed by atoms with Gasteiger partial charge in [0.2, 0.25) is 17.7 Å². The van der Waals surface area contributed by atoms with Crippen LogP contribution in [0.4, 0.5) is 8.78 Å². The van der Waals surface area contributed by atoms with E-state index in [1.807, 2.05) is 11.8 Å². The minimum atomic E-state index is -2.64. The molecule has 0 aromatic heterocycles. The molecule has 2 heterocycles. The van der Waals surface area contributed by atoms with Gasteiger partial charge in [-0.15, -0.1) is 0 Å². The van der Waals surface area contributed by atoms with Crippen molar-refractivity contribution >= 4 is 11.8 Å². The largest absolute Gasteiger partial charge is 0.342 e. The van der Waals surface area contributed by atoms with Crippen LogP contribution < -0.4 is 0 Å². The minimum Gasteiger partial charge on any atom is -0.342 e. The summed E-state index contributed by atoms with van der Waals surface area (Å²) in [6.45, 7) is 4.80. The van der Waals surface area contributed by atoms with E-state index in [0.29, 0.717) is 19.5 Å². The normalized spacial score (nSPS) is 27.9. The maximum Gasteiger partial charge on any atom is 0.249 e. The molecular weight excluding hydrogens is 290 g/mol. The molecule has 1 spiro atoms. The Morgan fingerprint density at radius 1 is 1.23 bits per heavy atom. The molecule has 6 heteroatoms. The Morgan fingerprint density at radius 2 is 1.86 bits per heavy atom. The molecule has 1 aliphatic carbocycles. The lowest BCUT2D eigenvalue weighted by Crippen LogP contribution is -2.54. The Morgan fingerprint density at radius 3 is 2.41 bits per heavy atom. The Hall–Kier alpha value is -1.20. The maximum atomic E-state index is 12.9. The van der Waals surface area contributed by atoms with Crippen LogP contribution in [0.1, 0.15) is 45.4 Å². The Labute approximate surface area is 129 Å². The average molecular weight is 314 g/mol. The van der Waals surface area contributed by atoms with E-state index >= 15 is 0 Å². The van der Waals surface area contributed by atoms with Gasteiger partial charge < -0.3 is 9.80 Å². The SMILES string of the molecule is CCN1CC2(CCC1=O)CCN(C(=O)C1CC(F)(F)C1)CC2. The summed E-state index contributed by atoms with van der Waals surface area (Å²) in [5.74, 6) is -2.99. The third kappa shape index (κ3) is 2.84. The summed E-state index contributed by atoms with van der Waals surface area (Å²) in [7, 11) is 0. The highest BCUT2D eigenvalue weighted by Gasteiger charge is 2.50. The summed E-state index contributed by atoms with van der Waals surface area (Å²) in [5, 5.41) is 0. The lowest BCUT2D eigenvalue weighted by molar-refractivity contribution is -0.162. The summed E-state index contributed by atoms with van der Waals surface area (Å²) < 4.78 is 25.8. The van der Waals surface area contributed by atoms with Crippen molar-refractivity contribution in [3.05, 3.63) is 0 Å². The number of halogens is 2. The summed E-state index contributed by atoms with van der Waals surface area (Å²) in [6.07, 6.45) is 2.68. The lowest BCUT2D eigenvalue weighted by atomic mass is 9.71. The van der Waals surface area contributed by atoms with Gasteiger partial charge in [-0.1, -0.05) is 0 Å². The van der Waals surface area contributed by atoms with Crippen molar-refractivity contribution < 1.29 is 18.4 Å². The lowest BCUT2D eigenvalue weighted by Gasteiger charge is -2.48. The quantitative estimate of drug-likeness (QED) is 0.784. The second-order valence-corrected chi connectivity index (χ2v) is 7.19. The Kier molecular flexibility index (Phi) is 3.89. The van der Waals surface area contributed by atoms with Gasteiger partial charge in [0.25, 0.3) is 0 Å². The zero-order valence-corrected chi connectivity index (χ0v) is 13.1. The first-order valence-electron chi connectivity index (χ1n) is 8.29. The van der Waals surface area contributed by atoms with E-state index in [9.17, 15) is 18.4 Å². The second-order valence-electron chi connectivity index (χ2n) is 7.19. The Balaban J connectivity index is 1.54. The van der Waals surface area contributed by atoms with E-state index in [1.54, 1.807) is 4.90 Å². The third-order valence-corrected chi connectivity index (χ3v) is 5.70. The zero-order valence-electron chi connectivity index (χ0n) is 13.1. The first-order valence-corrected chi connectivity index (χ1v) is 8.29. The molecule has 3 fully saturated rings. The van der Waals surface area contributed by atoms with Crippen LogP contribution in [0.5, 0.6) is 0 Å². The molecule has 1 saturated carbocycles. The molecule has 0 aromatic rings. The number of carbonyl (C=O) groups is 2. The molecule has 3 rings (SSSR count). The number of rotatable bonds is 2. The van der Waals surface area contributed by atoms with Crippen LogP contribution in [0.2, 0.25) is 0 Å². The van der Waals surface area contributed by atoms with Gasteiger partial charge in [0.05, 0.1) is 0 Å². The molecule has 2 amide bonds. The van der Waals surface area contributed by atoms with E-state index in [0.717, 1.165) is 32.4 Å². The molecule has 0 atom stereocenters. The number of piperidine rings is 2. The van der Waals surface area contributed by atoms with Gasteiger partial charge in [0.1, 0.15) is 0 Å². The molecule has 3 aliphatic rings. The third-order valence-electron chi connectivity index (χ3n) is 5.70. The molecule has 0 N–H and O–H groups in total. The summed E-state index contributed by atoms with van der Waals surface area (Å²) in [6, 6.07) is 0. The highest BCUT2D eigenvalue weighted by atomic mass is 19.3. The van der Waals surface area contributed by atoms with Gasteiger partial charge in [-0.2, -0.15) is 0 Å². The van der Waals surface area contributed by atoms with Crippen LogP contribution in [0, 0.1) is 11.3 Å². The van der Waals surface area contributed by atoms with Gasteiger partial charge in [-0.05, 0) is 31.6 Å². The number of carbonyl (C=O) groups excluding carboxylic acids is 2.